The Morgan fingerprint density at radius 2 is 1.56 bits per heavy atom. The van der Waals surface area contributed by atoms with Gasteiger partial charge in [0.25, 0.3) is 0 Å². The largest absolute Gasteiger partial charge is 0.322 e. The first-order chi connectivity index (χ1) is 12.0. The fourth-order valence-electron chi connectivity index (χ4n) is 2.74. The first-order valence-corrected chi connectivity index (χ1v) is 9.12. The monoisotopic (exact) mass is 397 g/mol. The average molecular weight is 399 g/mol. The maximum absolute atomic E-state index is 12.3. The molecule has 3 rings (SSSR count). The first kappa shape index (κ1) is 18.3. The van der Waals surface area contributed by atoms with Crippen LogP contribution < -0.4 is 5.32 Å². The van der Waals surface area contributed by atoms with E-state index in [9.17, 15) is 4.79 Å². The Balaban J connectivity index is 1.51. The maximum Gasteiger partial charge on any atom is 0.321 e. The van der Waals surface area contributed by atoms with Gasteiger partial charge in [0.1, 0.15) is 0 Å². The van der Waals surface area contributed by atoms with Crippen LogP contribution in [0.15, 0.2) is 42.5 Å². The number of amides is 2. The molecule has 25 heavy (non-hydrogen) atoms. The Bertz CT molecular complexity index is 744. The Hall–Kier alpha value is -1.46. The van der Waals surface area contributed by atoms with E-state index in [1.165, 1.54) is 0 Å². The number of urea groups is 1. The minimum atomic E-state index is -0.0912. The number of nitrogens with zero attached hydrogens (tertiary/aromatic N) is 2. The molecule has 2 amide bonds. The van der Waals surface area contributed by atoms with Gasteiger partial charge in [-0.15, -0.1) is 0 Å². The third-order valence-corrected chi connectivity index (χ3v) is 5.00. The number of hydrogen-bond donors (Lipinski definition) is 1. The molecule has 7 heteroatoms. The quantitative estimate of drug-likeness (QED) is 0.790. The Kier molecular flexibility index (Phi) is 6.07. The summed E-state index contributed by atoms with van der Waals surface area (Å²) in [7, 11) is 0. The van der Waals surface area contributed by atoms with E-state index < -0.39 is 0 Å². The van der Waals surface area contributed by atoms with Crippen molar-refractivity contribution in [1.29, 1.82) is 0 Å². The summed E-state index contributed by atoms with van der Waals surface area (Å²) in [5.74, 6) is 0. The number of benzene rings is 2. The lowest BCUT2D eigenvalue weighted by Crippen LogP contribution is -2.49. The van der Waals surface area contributed by atoms with E-state index in [2.05, 4.69) is 10.2 Å². The van der Waals surface area contributed by atoms with E-state index in [1.54, 1.807) is 30.3 Å². The van der Waals surface area contributed by atoms with Crippen LogP contribution in [0.1, 0.15) is 5.56 Å². The normalized spacial score (nSPS) is 15.2. The van der Waals surface area contributed by atoms with Crippen LogP contribution >= 0.6 is 34.8 Å². The van der Waals surface area contributed by atoms with Crippen LogP contribution in [0.3, 0.4) is 0 Å². The second kappa shape index (κ2) is 8.28. The van der Waals surface area contributed by atoms with Gasteiger partial charge in [0.15, 0.2) is 0 Å². The smallest absolute Gasteiger partial charge is 0.321 e. The molecule has 0 aliphatic carbocycles. The van der Waals surface area contributed by atoms with Crippen molar-refractivity contribution in [2.45, 2.75) is 6.54 Å². The molecule has 132 valence electrons. The number of halogens is 3. The summed E-state index contributed by atoms with van der Waals surface area (Å²) < 4.78 is 0. The van der Waals surface area contributed by atoms with Gasteiger partial charge in [0.2, 0.25) is 0 Å². The van der Waals surface area contributed by atoms with Gasteiger partial charge >= 0.3 is 6.03 Å². The molecule has 0 atom stereocenters. The summed E-state index contributed by atoms with van der Waals surface area (Å²) in [5.41, 5.74) is 1.79. The second-order valence-corrected chi connectivity index (χ2v) is 7.22. The van der Waals surface area contributed by atoms with Gasteiger partial charge in [-0.25, -0.2) is 4.79 Å². The van der Waals surface area contributed by atoms with Gasteiger partial charge in [-0.05, 0) is 42.0 Å². The van der Waals surface area contributed by atoms with Crippen molar-refractivity contribution >= 4 is 46.5 Å². The van der Waals surface area contributed by atoms with Crippen LogP contribution in [0.25, 0.3) is 0 Å². The molecule has 2 aromatic rings. The van der Waals surface area contributed by atoms with Crippen LogP contribution in [0, 0.1) is 0 Å². The topological polar surface area (TPSA) is 35.6 Å². The number of anilines is 1. The second-order valence-electron chi connectivity index (χ2n) is 5.94. The fourth-order valence-corrected chi connectivity index (χ4v) is 3.33. The summed E-state index contributed by atoms with van der Waals surface area (Å²) in [6.45, 7) is 3.69. The van der Waals surface area contributed by atoms with E-state index in [0.717, 1.165) is 30.9 Å². The highest BCUT2D eigenvalue weighted by molar-refractivity contribution is 6.35. The third-order valence-electron chi connectivity index (χ3n) is 4.16. The zero-order valence-corrected chi connectivity index (χ0v) is 15.8. The van der Waals surface area contributed by atoms with Crippen LogP contribution in [0.2, 0.25) is 15.1 Å². The molecule has 1 N–H and O–H groups in total. The van der Waals surface area contributed by atoms with Crippen molar-refractivity contribution in [2.24, 2.45) is 0 Å². The molecule has 1 fully saturated rings. The van der Waals surface area contributed by atoms with Gasteiger partial charge in [-0.3, -0.25) is 4.90 Å². The molecular weight excluding hydrogens is 381 g/mol. The number of carbonyl (C=O) groups excluding carboxylic acids is 1. The molecule has 2 aromatic carbocycles. The lowest BCUT2D eigenvalue weighted by atomic mass is 10.2. The molecule has 0 saturated carbocycles. The minimum Gasteiger partial charge on any atom is -0.322 e. The van der Waals surface area contributed by atoms with Crippen molar-refractivity contribution in [3.63, 3.8) is 0 Å². The van der Waals surface area contributed by atoms with E-state index in [0.29, 0.717) is 28.2 Å². The fraction of sp³-hybridized carbons (Fsp3) is 0.278. The molecule has 0 aromatic heterocycles. The summed E-state index contributed by atoms with van der Waals surface area (Å²) >= 11 is 18.0. The van der Waals surface area contributed by atoms with Crippen molar-refractivity contribution in [3.05, 3.63) is 63.1 Å². The molecular formula is C18H18Cl3N3O. The summed E-state index contributed by atoms with van der Waals surface area (Å²) in [4.78, 5) is 16.4. The standard InChI is InChI=1S/C18H18Cl3N3O/c19-14-3-5-16(6-4-14)22-18(25)24-9-7-23(8-10-24)12-13-1-2-15(20)11-17(13)21/h1-6,11H,7-10,12H2,(H,22,25). The zero-order valence-electron chi connectivity index (χ0n) is 13.5. The highest BCUT2D eigenvalue weighted by Gasteiger charge is 2.21. The molecule has 0 radical (unpaired) electrons. The molecule has 0 unspecified atom stereocenters. The van der Waals surface area contributed by atoms with Gasteiger partial charge in [0.05, 0.1) is 0 Å². The molecule has 0 spiro atoms. The van der Waals surface area contributed by atoms with Crippen LogP contribution in [-0.4, -0.2) is 42.0 Å². The molecule has 0 bridgehead atoms. The van der Waals surface area contributed by atoms with E-state index in [1.807, 2.05) is 17.0 Å². The summed E-state index contributed by atoms with van der Waals surface area (Å²) in [6, 6.07) is 12.6. The number of hydrogen-bond acceptors (Lipinski definition) is 2. The SMILES string of the molecule is O=C(Nc1ccc(Cl)cc1)N1CCN(Cc2ccc(Cl)cc2Cl)CC1. The average Bonchev–Trinajstić information content (AvgIpc) is 2.60. The number of carbonyl (C=O) groups is 1. The third kappa shape index (κ3) is 5.02. The van der Waals surface area contributed by atoms with Crippen LogP contribution in [0.4, 0.5) is 10.5 Å². The molecule has 1 aliphatic heterocycles. The van der Waals surface area contributed by atoms with Gasteiger partial charge in [0, 0.05) is 53.5 Å². The first-order valence-electron chi connectivity index (χ1n) is 7.99. The Labute approximate surface area is 162 Å². The van der Waals surface area contributed by atoms with Crippen molar-refractivity contribution in [1.82, 2.24) is 9.80 Å². The molecule has 4 nitrogen and oxygen atoms in total. The van der Waals surface area contributed by atoms with Gasteiger partial charge < -0.3 is 10.2 Å². The Morgan fingerprint density at radius 3 is 2.20 bits per heavy atom. The predicted molar refractivity (Wildman–Crippen MR) is 104 cm³/mol. The summed E-state index contributed by atoms with van der Waals surface area (Å²) in [5, 5.41) is 4.85. The van der Waals surface area contributed by atoms with Crippen LogP contribution in [0.5, 0.6) is 0 Å². The van der Waals surface area contributed by atoms with Crippen molar-refractivity contribution < 1.29 is 4.79 Å². The summed E-state index contributed by atoms with van der Waals surface area (Å²) in [6.07, 6.45) is 0. The highest BCUT2D eigenvalue weighted by Crippen LogP contribution is 2.23. The minimum absolute atomic E-state index is 0.0912. The van der Waals surface area contributed by atoms with E-state index >= 15 is 0 Å². The maximum atomic E-state index is 12.3. The number of rotatable bonds is 3. The molecule has 1 aliphatic rings. The number of piperazine rings is 1. The van der Waals surface area contributed by atoms with Crippen molar-refractivity contribution in [2.75, 3.05) is 31.5 Å². The number of nitrogens with one attached hydrogen (secondary N) is 1. The lowest BCUT2D eigenvalue weighted by molar-refractivity contribution is 0.143. The molecule has 1 heterocycles. The lowest BCUT2D eigenvalue weighted by Gasteiger charge is -2.34. The van der Waals surface area contributed by atoms with Crippen LogP contribution in [-0.2, 0) is 6.54 Å². The highest BCUT2D eigenvalue weighted by atomic mass is 35.5. The van der Waals surface area contributed by atoms with E-state index in [4.69, 9.17) is 34.8 Å². The van der Waals surface area contributed by atoms with Gasteiger partial charge in [-0.2, -0.15) is 0 Å². The van der Waals surface area contributed by atoms with Gasteiger partial charge in [-0.1, -0.05) is 40.9 Å². The predicted octanol–water partition coefficient (Wildman–Crippen LogP) is 5.00. The Morgan fingerprint density at radius 1 is 0.920 bits per heavy atom. The zero-order chi connectivity index (χ0) is 17.8. The van der Waals surface area contributed by atoms with E-state index in [-0.39, 0.29) is 6.03 Å². The van der Waals surface area contributed by atoms with Crippen molar-refractivity contribution in [3.8, 4) is 0 Å². The molecule has 1 saturated heterocycles.